The van der Waals surface area contributed by atoms with Crippen molar-refractivity contribution in [2.45, 2.75) is 38.1 Å². The first kappa shape index (κ1) is 17.3. The summed E-state index contributed by atoms with van der Waals surface area (Å²) in [6, 6.07) is 10.4. The Labute approximate surface area is 154 Å². The van der Waals surface area contributed by atoms with Crippen molar-refractivity contribution in [2.24, 2.45) is 0 Å². The SMILES string of the molecule is CN1CCCC1CCOc1cccc2ccc(C(=O)N3CCCC3)nc12. The van der Waals surface area contributed by atoms with Crippen molar-refractivity contribution in [1.82, 2.24) is 14.8 Å². The highest BCUT2D eigenvalue weighted by atomic mass is 16.5. The summed E-state index contributed by atoms with van der Waals surface area (Å²) in [6.07, 6.45) is 5.73. The first-order valence-corrected chi connectivity index (χ1v) is 9.74. The highest BCUT2D eigenvalue weighted by molar-refractivity contribution is 5.96. The van der Waals surface area contributed by atoms with Gasteiger partial charge in [-0.25, -0.2) is 4.98 Å². The zero-order chi connectivity index (χ0) is 17.9. The third-order valence-corrected chi connectivity index (χ3v) is 5.68. The predicted molar refractivity (Wildman–Crippen MR) is 103 cm³/mol. The number of rotatable bonds is 5. The summed E-state index contributed by atoms with van der Waals surface area (Å²) < 4.78 is 6.08. The van der Waals surface area contributed by atoms with E-state index in [-0.39, 0.29) is 5.91 Å². The summed E-state index contributed by atoms with van der Waals surface area (Å²) >= 11 is 0. The van der Waals surface area contributed by atoms with E-state index in [1.807, 2.05) is 35.2 Å². The number of hydrogen-bond donors (Lipinski definition) is 0. The van der Waals surface area contributed by atoms with Crippen LogP contribution in [-0.2, 0) is 0 Å². The van der Waals surface area contributed by atoms with Crippen LogP contribution in [0.2, 0.25) is 0 Å². The number of para-hydroxylation sites is 1. The number of carbonyl (C=O) groups is 1. The number of nitrogens with zero attached hydrogens (tertiary/aromatic N) is 3. The maximum atomic E-state index is 12.6. The molecule has 26 heavy (non-hydrogen) atoms. The number of likely N-dealkylation sites (tertiary alicyclic amines) is 2. The highest BCUT2D eigenvalue weighted by Gasteiger charge is 2.22. The highest BCUT2D eigenvalue weighted by Crippen LogP contribution is 2.26. The van der Waals surface area contributed by atoms with Crippen molar-refractivity contribution in [2.75, 3.05) is 33.3 Å². The van der Waals surface area contributed by atoms with Crippen molar-refractivity contribution in [3.63, 3.8) is 0 Å². The molecule has 1 unspecified atom stereocenters. The fourth-order valence-corrected chi connectivity index (χ4v) is 4.09. The third-order valence-electron chi connectivity index (χ3n) is 5.68. The molecule has 1 atom stereocenters. The molecule has 2 aliphatic heterocycles. The second-order valence-corrected chi connectivity index (χ2v) is 7.44. The van der Waals surface area contributed by atoms with Crippen LogP contribution in [0.3, 0.4) is 0 Å². The molecule has 138 valence electrons. The van der Waals surface area contributed by atoms with E-state index in [1.165, 1.54) is 19.4 Å². The second kappa shape index (κ2) is 7.62. The van der Waals surface area contributed by atoms with Gasteiger partial charge in [0.2, 0.25) is 0 Å². The molecule has 1 amide bonds. The van der Waals surface area contributed by atoms with Crippen LogP contribution in [0.25, 0.3) is 10.9 Å². The van der Waals surface area contributed by atoms with Crippen LogP contribution < -0.4 is 4.74 Å². The lowest BCUT2D eigenvalue weighted by molar-refractivity contribution is 0.0787. The quantitative estimate of drug-likeness (QED) is 0.827. The predicted octanol–water partition coefficient (Wildman–Crippen LogP) is 3.33. The number of aromatic nitrogens is 1. The molecule has 0 saturated carbocycles. The molecular weight excluding hydrogens is 326 g/mol. The molecule has 2 fully saturated rings. The fourth-order valence-electron chi connectivity index (χ4n) is 4.09. The van der Waals surface area contributed by atoms with Crippen molar-refractivity contribution < 1.29 is 9.53 Å². The number of pyridine rings is 1. The molecule has 4 rings (SSSR count). The molecule has 5 nitrogen and oxygen atoms in total. The van der Waals surface area contributed by atoms with Crippen LogP contribution >= 0.6 is 0 Å². The zero-order valence-electron chi connectivity index (χ0n) is 15.5. The largest absolute Gasteiger partial charge is 0.491 e. The Morgan fingerprint density at radius 2 is 2.00 bits per heavy atom. The monoisotopic (exact) mass is 353 g/mol. The van der Waals surface area contributed by atoms with Crippen LogP contribution in [0, 0.1) is 0 Å². The molecule has 2 aromatic rings. The Balaban J connectivity index is 1.50. The number of hydrogen-bond acceptors (Lipinski definition) is 4. The van der Waals surface area contributed by atoms with Gasteiger partial charge in [-0.1, -0.05) is 18.2 Å². The number of carbonyl (C=O) groups excluding carboxylic acids is 1. The zero-order valence-corrected chi connectivity index (χ0v) is 15.5. The van der Waals surface area contributed by atoms with E-state index in [0.717, 1.165) is 49.0 Å². The number of benzene rings is 1. The van der Waals surface area contributed by atoms with Gasteiger partial charge in [-0.15, -0.1) is 0 Å². The second-order valence-electron chi connectivity index (χ2n) is 7.44. The minimum Gasteiger partial charge on any atom is -0.491 e. The molecule has 5 heteroatoms. The number of amides is 1. The average molecular weight is 353 g/mol. The lowest BCUT2D eigenvalue weighted by atomic mass is 10.1. The van der Waals surface area contributed by atoms with E-state index >= 15 is 0 Å². The maximum absolute atomic E-state index is 12.6. The minimum atomic E-state index is 0.0341. The van der Waals surface area contributed by atoms with Gasteiger partial charge in [-0.2, -0.15) is 0 Å². The Morgan fingerprint density at radius 1 is 1.15 bits per heavy atom. The van der Waals surface area contributed by atoms with Crippen LogP contribution in [0.4, 0.5) is 0 Å². The first-order chi connectivity index (χ1) is 12.7. The fraction of sp³-hybridized carbons (Fsp3) is 0.524. The lowest BCUT2D eigenvalue weighted by Crippen LogP contribution is -2.28. The van der Waals surface area contributed by atoms with Crippen molar-refractivity contribution in [3.8, 4) is 5.75 Å². The van der Waals surface area contributed by atoms with Gasteiger partial charge >= 0.3 is 0 Å². The molecule has 1 aromatic heterocycles. The summed E-state index contributed by atoms with van der Waals surface area (Å²) in [7, 11) is 2.19. The van der Waals surface area contributed by atoms with Gasteiger partial charge in [0.1, 0.15) is 17.0 Å². The van der Waals surface area contributed by atoms with E-state index in [1.54, 1.807) is 0 Å². The number of ether oxygens (including phenoxy) is 1. The Kier molecular flexibility index (Phi) is 5.07. The smallest absolute Gasteiger partial charge is 0.272 e. The standard InChI is InChI=1S/C21H27N3O2/c1-23-12-5-7-17(23)11-15-26-19-8-4-6-16-9-10-18(22-20(16)19)21(25)24-13-2-3-14-24/h4,6,8-10,17H,2-3,5,7,11-15H2,1H3. The Hall–Kier alpha value is -2.14. The molecule has 2 saturated heterocycles. The van der Waals surface area contributed by atoms with Crippen LogP contribution in [0.15, 0.2) is 30.3 Å². The molecular formula is C21H27N3O2. The normalized spacial score (nSPS) is 20.8. The average Bonchev–Trinajstić information content (AvgIpc) is 3.33. The molecule has 0 spiro atoms. The van der Waals surface area contributed by atoms with E-state index in [0.29, 0.717) is 18.3 Å². The summed E-state index contributed by atoms with van der Waals surface area (Å²) in [4.78, 5) is 21.6. The first-order valence-electron chi connectivity index (χ1n) is 9.74. The molecule has 1 aromatic carbocycles. The van der Waals surface area contributed by atoms with Crippen molar-refractivity contribution in [1.29, 1.82) is 0 Å². The summed E-state index contributed by atoms with van der Waals surface area (Å²) in [5.74, 6) is 0.811. The third kappa shape index (κ3) is 3.54. The molecule has 3 heterocycles. The summed E-state index contributed by atoms with van der Waals surface area (Å²) in [5.41, 5.74) is 1.31. The lowest BCUT2D eigenvalue weighted by Gasteiger charge is -2.19. The van der Waals surface area contributed by atoms with E-state index in [2.05, 4.69) is 16.9 Å². The van der Waals surface area contributed by atoms with Crippen LogP contribution in [0.1, 0.15) is 42.6 Å². The van der Waals surface area contributed by atoms with Gasteiger partial charge in [0, 0.05) is 24.5 Å². The van der Waals surface area contributed by atoms with Crippen LogP contribution in [0.5, 0.6) is 5.75 Å². The molecule has 0 aliphatic carbocycles. The molecule has 0 N–H and O–H groups in total. The van der Waals surface area contributed by atoms with Gasteiger partial charge in [0.15, 0.2) is 0 Å². The number of fused-ring (bicyclic) bond motifs is 1. The van der Waals surface area contributed by atoms with Crippen molar-refractivity contribution in [3.05, 3.63) is 36.0 Å². The summed E-state index contributed by atoms with van der Waals surface area (Å²) in [5, 5.41) is 1.01. The topological polar surface area (TPSA) is 45.7 Å². The van der Waals surface area contributed by atoms with Crippen LogP contribution in [-0.4, -0.2) is 60.0 Å². The van der Waals surface area contributed by atoms with Gasteiger partial charge in [-0.05, 0) is 57.8 Å². The Bertz CT molecular complexity index is 786. The molecule has 0 bridgehead atoms. The van der Waals surface area contributed by atoms with E-state index in [9.17, 15) is 4.79 Å². The summed E-state index contributed by atoms with van der Waals surface area (Å²) in [6.45, 7) is 3.54. The molecule has 2 aliphatic rings. The van der Waals surface area contributed by atoms with Gasteiger partial charge < -0.3 is 14.5 Å². The van der Waals surface area contributed by atoms with E-state index in [4.69, 9.17) is 4.74 Å². The maximum Gasteiger partial charge on any atom is 0.272 e. The van der Waals surface area contributed by atoms with Gasteiger partial charge in [0.05, 0.1) is 6.61 Å². The Morgan fingerprint density at radius 3 is 2.77 bits per heavy atom. The van der Waals surface area contributed by atoms with Crippen molar-refractivity contribution >= 4 is 16.8 Å². The van der Waals surface area contributed by atoms with Gasteiger partial charge in [0.25, 0.3) is 5.91 Å². The van der Waals surface area contributed by atoms with Gasteiger partial charge in [-0.3, -0.25) is 4.79 Å². The molecule has 0 radical (unpaired) electrons. The minimum absolute atomic E-state index is 0.0341. The van der Waals surface area contributed by atoms with E-state index < -0.39 is 0 Å².